The predicted molar refractivity (Wildman–Crippen MR) is 117 cm³/mol. The molecule has 1 atom stereocenters. The molecule has 1 unspecified atom stereocenters. The van der Waals surface area contributed by atoms with E-state index in [4.69, 9.17) is 0 Å². The van der Waals surface area contributed by atoms with Crippen LogP contribution >= 0.6 is 11.3 Å². The number of aryl methyl sites for hydroxylation is 2. The van der Waals surface area contributed by atoms with E-state index in [1.165, 1.54) is 22.5 Å². The van der Waals surface area contributed by atoms with Crippen LogP contribution in [-0.4, -0.2) is 23.5 Å². The molecular weight excluding hydrogens is 366 g/mol. The zero-order valence-electron chi connectivity index (χ0n) is 16.4. The highest BCUT2D eigenvalue weighted by molar-refractivity contribution is 7.17. The van der Waals surface area contributed by atoms with Gasteiger partial charge in [0.1, 0.15) is 4.88 Å². The Morgan fingerprint density at radius 2 is 1.61 bits per heavy atom. The maximum absolute atomic E-state index is 12.6. The number of aromatic nitrogens is 1. The van der Waals surface area contributed by atoms with Gasteiger partial charge in [0.25, 0.3) is 5.91 Å². The molecule has 0 spiro atoms. The Balaban J connectivity index is 1.48. The van der Waals surface area contributed by atoms with E-state index >= 15 is 0 Å². The van der Waals surface area contributed by atoms with Crippen LogP contribution in [0.25, 0.3) is 0 Å². The van der Waals surface area contributed by atoms with Crippen LogP contribution in [0.3, 0.4) is 0 Å². The van der Waals surface area contributed by atoms with E-state index in [-0.39, 0.29) is 11.9 Å². The first-order valence-electron chi connectivity index (χ1n) is 9.72. The number of carbonyl (C=O) groups is 1. The Hall–Kier alpha value is -2.66. The number of anilines is 1. The minimum absolute atomic E-state index is 0.0355. The molecule has 4 nitrogen and oxygen atoms in total. The second kappa shape index (κ2) is 10.0. The van der Waals surface area contributed by atoms with Crippen molar-refractivity contribution in [3.63, 3.8) is 0 Å². The fraction of sp³-hybridized carbons (Fsp3) is 0.304. The molecule has 0 aliphatic carbocycles. The number of rotatable bonds is 9. The molecule has 2 N–H and O–H groups in total. The van der Waals surface area contributed by atoms with Gasteiger partial charge in [-0.15, -0.1) is 0 Å². The lowest BCUT2D eigenvalue weighted by atomic mass is 10.1. The van der Waals surface area contributed by atoms with Crippen molar-refractivity contribution in [3.05, 3.63) is 82.4 Å². The Labute approximate surface area is 171 Å². The highest BCUT2D eigenvalue weighted by Crippen LogP contribution is 2.22. The normalized spacial score (nSPS) is 11.8. The van der Waals surface area contributed by atoms with Crippen molar-refractivity contribution in [1.82, 2.24) is 10.3 Å². The molecule has 0 saturated carbocycles. The van der Waals surface area contributed by atoms with Crippen LogP contribution < -0.4 is 10.6 Å². The molecule has 146 valence electrons. The average Bonchev–Trinajstić information content (AvgIpc) is 3.08. The number of hydrogen-bond donors (Lipinski definition) is 2. The number of nitrogens with one attached hydrogen (secondary N) is 2. The molecule has 0 bridgehead atoms. The van der Waals surface area contributed by atoms with E-state index < -0.39 is 0 Å². The van der Waals surface area contributed by atoms with Crippen LogP contribution in [0, 0.1) is 6.92 Å². The fourth-order valence-electron chi connectivity index (χ4n) is 3.03. The molecule has 1 aromatic heterocycles. The minimum atomic E-state index is -0.0355. The maximum Gasteiger partial charge on any atom is 0.263 e. The SMILES string of the molecule is Cc1nc(NCCc2ccccc2)sc1C(=O)NC(C)CCc1ccccc1. The van der Waals surface area contributed by atoms with Crippen LogP contribution in [0.1, 0.15) is 39.8 Å². The molecule has 28 heavy (non-hydrogen) atoms. The van der Waals surface area contributed by atoms with E-state index in [2.05, 4.69) is 46.8 Å². The number of amides is 1. The van der Waals surface area contributed by atoms with Crippen LogP contribution in [0.2, 0.25) is 0 Å². The molecule has 2 aromatic carbocycles. The molecule has 3 aromatic rings. The number of benzene rings is 2. The van der Waals surface area contributed by atoms with Gasteiger partial charge >= 0.3 is 0 Å². The summed E-state index contributed by atoms with van der Waals surface area (Å²) < 4.78 is 0. The third-order valence-electron chi connectivity index (χ3n) is 4.62. The number of thiazole rings is 1. The lowest BCUT2D eigenvalue weighted by Crippen LogP contribution is -2.32. The van der Waals surface area contributed by atoms with Gasteiger partial charge in [-0.1, -0.05) is 72.0 Å². The summed E-state index contributed by atoms with van der Waals surface area (Å²) >= 11 is 1.42. The third kappa shape index (κ3) is 5.92. The second-order valence-corrected chi connectivity index (χ2v) is 7.99. The van der Waals surface area contributed by atoms with Crippen molar-refractivity contribution in [2.24, 2.45) is 0 Å². The molecule has 0 fully saturated rings. The van der Waals surface area contributed by atoms with E-state index in [1.54, 1.807) is 0 Å². The molecule has 1 heterocycles. The van der Waals surface area contributed by atoms with Crippen molar-refractivity contribution in [2.45, 2.75) is 39.2 Å². The fourth-order valence-corrected chi connectivity index (χ4v) is 3.93. The quantitative estimate of drug-likeness (QED) is 0.546. The molecule has 0 aliphatic heterocycles. The van der Waals surface area contributed by atoms with Crippen LogP contribution in [0.4, 0.5) is 5.13 Å². The number of hydrogen-bond acceptors (Lipinski definition) is 4. The van der Waals surface area contributed by atoms with E-state index in [1.807, 2.05) is 43.3 Å². The molecule has 3 rings (SSSR count). The van der Waals surface area contributed by atoms with Crippen LogP contribution in [-0.2, 0) is 12.8 Å². The summed E-state index contributed by atoms with van der Waals surface area (Å²) in [7, 11) is 0. The lowest BCUT2D eigenvalue weighted by Gasteiger charge is -2.13. The zero-order chi connectivity index (χ0) is 19.8. The Morgan fingerprint density at radius 3 is 2.25 bits per heavy atom. The van der Waals surface area contributed by atoms with Gasteiger partial charge in [0.2, 0.25) is 0 Å². The minimum Gasteiger partial charge on any atom is -0.361 e. The van der Waals surface area contributed by atoms with Crippen LogP contribution in [0.5, 0.6) is 0 Å². The van der Waals surface area contributed by atoms with Gasteiger partial charge in [0.15, 0.2) is 5.13 Å². The average molecular weight is 394 g/mol. The standard InChI is InChI=1S/C23H27N3OS/c1-17(13-14-19-9-5-3-6-10-19)25-22(27)21-18(2)26-23(28-21)24-16-15-20-11-7-4-8-12-20/h3-12,17H,13-16H2,1-2H3,(H,24,26)(H,25,27). The highest BCUT2D eigenvalue weighted by atomic mass is 32.1. The Bertz CT molecular complexity index is 877. The van der Waals surface area contributed by atoms with Gasteiger partial charge in [-0.25, -0.2) is 4.98 Å². The summed E-state index contributed by atoms with van der Waals surface area (Å²) in [6.45, 7) is 4.74. The van der Waals surface area contributed by atoms with Crippen molar-refractivity contribution < 1.29 is 4.79 Å². The summed E-state index contributed by atoms with van der Waals surface area (Å²) in [5.74, 6) is -0.0355. The molecule has 5 heteroatoms. The summed E-state index contributed by atoms with van der Waals surface area (Å²) in [5, 5.41) is 7.24. The van der Waals surface area contributed by atoms with Crippen molar-refractivity contribution >= 4 is 22.4 Å². The van der Waals surface area contributed by atoms with Crippen molar-refractivity contribution in [1.29, 1.82) is 0 Å². The molecule has 1 amide bonds. The summed E-state index contributed by atoms with van der Waals surface area (Å²) in [4.78, 5) is 17.8. The molecule has 0 saturated heterocycles. The summed E-state index contributed by atoms with van der Waals surface area (Å²) in [5.41, 5.74) is 3.36. The second-order valence-electron chi connectivity index (χ2n) is 6.99. The van der Waals surface area contributed by atoms with Gasteiger partial charge in [-0.05, 0) is 44.2 Å². The first-order valence-corrected chi connectivity index (χ1v) is 10.5. The topological polar surface area (TPSA) is 54.0 Å². The van der Waals surface area contributed by atoms with Gasteiger partial charge in [0, 0.05) is 12.6 Å². The Kier molecular flexibility index (Phi) is 7.20. The van der Waals surface area contributed by atoms with Gasteiger partial charge in [-0.2, -0.15) is 0 Å². The zero-order valence-corrected chi connectivity index (χ0v) is 17.3. The smallest absolute Gasteiger partial charge is 0.263 e. The lowest BCUT2D eigenvalue weighted by molar-refractivity contribution is 0.0942. The summed E-state index contributed by atoms with van der Waals surface area (Å²) in [6.07, 6.45) is 2.80. The molecular formula is C23H27N3OS. The van der Waals surface area contributed by atoms with Gasteiger partial charge in [-0.3, -0.25) is 4.79 Å². The first-order chi connectivity index (χ1) is 13.6. The predicted octanol–water partition coefficient (Wildman–Crippen LogP) is 4.86. The monoisotopic (exact) mass is 393 g/mol. The molecule has 0 aliphatic rings. The Morgan fingerprint density at radius 1 is 1.00 bits per heavy atom. The van der Waals surface area contributed by atoms with Crippen molar-refractivity contribution in [3.8, 4) is 0 Å². The van der Waals surface area contributed by atoms with Gasteiger partial charge in [0.05, 0.1) is 5.69 Å². The van der Waals surface area contributed by atoms with E-state index in [0.29, 0.717) is 4.88 Å². The molecule has 0 radical (unpaired) electrons. The first kappa shape index (κ1) is 20.1. The summed E-state index contributed by atoms with van der Waals surface area (Å²) in [6, 6.07) is 20.8. The number of nitrogens with zero attached hydrogens (tertiary/aromatic N) is 1. The van der Waals surface area contributed by atoms with E-state index in [9.17, 15) is 4.79 Å². The number of carbonyl (C=O) groups excluding carboxylic acids is 1. The van der Waals surface area contributed by atoms with Crippen molar-refractivity contribution in [2.75, 3.05) is 11.9 Å². The van der Waals surface area contributed by atoms with E-state index in [0.717, 1.165) is 36.6 Å². The largest absolute Gasteiger partial charge is 0.361 e. The van der Waals surface area contributed by atoms with Gasteiger partial charge < -0.3 is 10.6 Å². The third-order valence-corrected chi connectivity index (χ3v) is 5.74. The maximum atomic E-state index is 12.6. The highest BCUT2D eigenvalue weighted by Gasteiger charge is 2.17. The van der Waals surface area contributed by atoms with Crippen LogP contribution in [0.15, 0.2) is 60.7 Å².